The van der Waals surface area contributed by atoms with Crippen LogP contribution in [0.3, 0.4) is 0 Å². The van der Waals surface area contributed by atoms with Crippen molar-refractivity contribution in [3.63, 3.8) is 0 Å². The number of hydrogen-bond donors (Lipinski definition) is 1. The van der Waals surface area contributed by atoms with E-state index in [0.29, 0.717) is 28.9 Å². The van der Waals surface area contributed by atoms with E-state index in [4.69, 9.17) is 27.9 Å². The third kappa shape index (κ3) is 3.72. The van der Waals surface area contributed by atoms with E-state index < -0.39 is 5.91 Å². The molecule has 1 aliphatic rings. The highest BCUT2D eigenvalue weighted by Gasteiger charge is 2.15. The molecule has 0 bridgehead atoms. The maximum Gasteiger partial charge on any atom is 0.276 e. The van der Waals surface area contributed by atoms with Crippen LogP contribution >= 0.6 is 23.2 Å². The topological polar surface area (TPSA) is 67.4 Å². The zero-order valence-corrected chi connectivity index (χ0v) is 13.6. The largest absolute Gasteiger partial charge is 0.378 e. The maximum absolute atomic E-state index is 12.2. The van der Waals surface area contributed by atoms with E-state index >= 15 is 0 Å². The molecule has 2 heterocycles. The number of rotatable bonds is 3. The lowest BCUT2D eigenvalue weighted by atomic mass is 10.3. The van der Waals surface area contributed by atoms with Crippen LogP contribution in [-0.2, 0) is 4.74 Å². The number of morpholine rings is 1. The summed E-state index contributed by atoms with van der Waals surface area (Å²) in [6.07, 6.45) is 0. The minimum atomic E-state index is -0.393. The summed E-state index contributed by atoms with van der Waals surface area (Å²) >= 11 is 12.0. The molecule has 0 spiro atoms. The SMILES string of the molecule is O=C(Nc1cccc(Cl)c1Cl)c1ccc(N2CCOCC2)nn1. The minimum absolute atomic E-state index is 0.207. The van der Waals surface area contributed by atoms with E-state index in [1.54, 1.807) is 30.3 Å². The van der Waals surface area contributed by atoms with Gasteiger partial charge in [-0.2, -0.15) is 0 Å². The van der Waals surface area contributed by atoms with E-state index in [1.165, 1.54) is 0 Å². The van der Waals surface area contributed by atoms with Crippen LogP contribution in [0.4, 0.5) is 11.5 Å². The van der Waals surface area contributed by atoms with Crippen molar-refractivity contribution in [2.24, 2.45) is 0 Å². The number of halogens is 2. The monoisotopic (exact) mass is 352 g/mol. The van der Waals surface area contributed by atoms with Gasteiger partial charge in [0.2, 0.25) is 0 Å². The summed E-state index contributed by atoms with van der Waals surface area (Å²) in [4.78, 5) is 14.3. The number of carbonyl (C=O) groups is 1. The van der Waals surface area contributed by atoms with Gasteiger partial charge in [0.05, 0.1) is 28.9 Å². The molecule has 0 aliphatic carbocycles. The Balaban J connectivity index is 1.71. The number of carbonyl (C=O) groups excluding carboxylic acids is 1. The molecule has 6 nitrogen and oxygen atoms in total. The van der Waals surface area contributed by atoms with Crippen molar-refractivity contribution in [3.8, 4) is 0 Å². The quantitative estimate of drug-likeness (QED) is 0.919. The summed E-state index contributed by atoms with van der Waals surface area (Å²) in [7, 11) is 0. The van der Waals surface area contributed by atoms with E-state index in [9.17, 15) is 4.79 Å². The van der Waals surface area contributed by atoms with Crippen molar-refractivity contribution in [2.45, 2.75) is 0 Å². The van der Waals surface area contributed by atoms with Crippen molar-refractivity contribution in [1.29, 1.82) is 0 Å². The van der Waals surface area contributed by atoms with Gasteiger partial charge in [-0.1, -0.05) is 29.3 Å². The molecule has 2 aromatic rings. The Bertz CT molecular complexity index is 703. The van der Waals surface area contributed by atoms with Crippen molar-refractivity contribution >= 4 is 40.6 Å². The first-order chi connectivity index (χ1) is 11.1. The number of ether oxygens (including phenoxy) is 1. The molecule has 1 amide bonds. The standard InChI is InChI=1S/C15H14Cl2N4O2/c16-10-2-1-3-11(14(10)17)18-15(22)12-4-5-13(20-19-12)21-6-8-23-9-7-21/h1-5H,6-9H2,(H,18,22). The van der Waals surface area contributed by atoms with Gasteiger partial charge in [-0.15, -0.1) is 10.2 Å². The Morgan fingerprint density at radius 1 is 1.13 bits per heavy atom. The van der Waals surface area contributed by atoms with E-state index in [1.807, 2.05) is 0 Å². The number of nitrogens with zero attached hydrogens (tertiary/aromatic N) is 3. The summed E-state index contributed by atoms with van der Waals surface area (Å²) < 4.78 is 5.29. The highest BCUT2D eigenvalue weighted by atomic mass is 35.5. The van der Waals surface area contributed by atoms with E-state index in [2.05, 4.69) is 20.4 Å². The average Bonchev–Trinajstić information content (AvgIpc) is 2.60. The van der Waals surface area contributed by atoms with Crippen LogP contribution < -0.4 is 10.2 Å². The number of hydrogen-bond acceptors (Lipinski definition) is 5. The number of aromatic nitrogens is 2. The first kappa shape index (κ1) is 16.0. The van der Waals surface area contributed by atoms with Crippen LogP contribution in [0, 0.1) is 0 Å². The van der Waals surface area contributed by atoms with Crippen LogP contribution in [0.5, 0.6) is 0 Å². The highest BCUT2D eigenvalue weighted by molar-refractivity contribution is 6.44. The maximum atomic E-state index is 12.2. The molecule has 0 unspecified atom stereocenters. The molecule has 1 aliphatic heterocycles. The predicted molar refractivity (Wildman–Crippen MR) is 89.5 cm³/mol. The van der Waals surface area contributed by atoms with Gasteiger partial charge in [-0.05, 0) is 24.3 Å². The van der Waals surface area contributed by atoms with Crippen LogP contribution in [0.25, 0.3) is 0 Å². The fourth-order valence-electron chi connectivity index (χ4n) is 2.19. The van der Waals surface area contributed by atoms with Crippen molar-refractivity contribution < 1.29 is 9.53 Å². The van der Waals surface area contributed by atoms with Gasteiger partial charge in [-0.3, -0.25) is 4.79 Å². The molecule has 1 aromatic heterocycles. The van der Waals surface area contributed by atoms with Crippen molar-refractivity contribution in [3.05, 3.63) is 46.1 Å². The summed E-state index contributed by atoms with van der Waals surface area (Å²) in [5.74, 6) is 0.334. The van der Waals surface area contributed by atoms with Crippen LogP contribution in [0.2, 0.25) is 10.0 Å². The van der Waals surface area contributed by atoms with Gasteiger partial charge < -0.3 is 15.0 Å². The molecule has 0 radical (unpaired) electrons. The highest BCUT2D eigenvalue weighted by Crippen LogP contribution is 2.29. The van der Waals surface area contributed by atoms with Crippen molar-refractivity contribution in [1.82, 2.24) is 10.2 Å². The normalized spacial score (nSPS) is 14.6. The molecule has 1 aromatic carbocycles. The number of benzene rings is 1. The fourth-order valence-corrected chi connectivity index (χ4v) is 2.54. The number of nitrogens with one attached hydrogen (secondary N) is 1. The second-order valence-electron chi connectivity index (χ2n) is 4.93. The molecule has 23 heavy (non-hydrogen) atoms. The third-order valence-electron chi connectivity index (χ3n) is 3.42. The van der Waals surface area contributed by atoms with Crippen LogP contribution in [0.15, 0.2) is 30.3 Å². The zero-order valence-electron chi connectivity index (χ0n) is 12.1. The lowest BCUT2D eigenvalue weighted by Crippen LogP contribution is -2.37. The van der Waals surface area contributed by atoms with Gasteiger partial charge in [0.1, 0.15) is 0 Å². The Hall–Kier alpha value is -1.89. The number of anilines is 2. The molecule has 1 fully saturated rings. The molecule has 0 atom stereocenters. The Kier molecular flexibility index (Phi) is 4.95. The van der Waals surface area contributed by atoms with Crippen molar-refractivity contribution in [2.75, 3.05) is 36.5 Å². The first-order valence-electron chi connectivity index (χ1n) is 7.07. The number of amides is 1. The lowest BCUT2D eigenvalue weighted by molar-refractivity contribution is 0.102. The molecule has 120 valence electrons. The van der Waals surface area contributed by atoms with Gasteiger partial charge >= 0.3 is 0 Å². The second kappa shape index (κ2) is 7.12. The lowest BCUT2D eigenvalue weighted by Gasteiger charge is -2.27. The Morgan fingerprint density at radius 2 is 1.91 bits per heavy atom. The Morgan fingerprint density at radius 3 is 2.61 bits per heavy atom. The minimum Gasteiger partial charge on any atom is -0.378 e. The fraction of sp³-hybridized carbons (Fsp3) is 0.267. The smallest absolute Gasteiger partial charge is 0.276 e. The average molecular weight is 353 g/mol. The first-order valence-corrected chi connectivity index (χ1v) is 7.82. The summed E-state index contributed by atoms with van der Waals surface area (Å²) in [5.41, 5.74) is 0.640. The summed E-state index contributed by atoms with van der Waals surface area (Å²) in [6, 6.07) is 8.42. The van der Waals surface area contributed by atoms with Gasteiger partial charge in [-0.25, -0.2) is 0 Å². The molecule has 1 N–H and O–H groups in total. The second-order valence-corrected chi connectivity index (χ2v) is 5.72. The molecular formula is C15H14Cl2N4O2. The molecule has 0 saturated carbocycles. The zero-order chi connectivity index (χ0) is 16.2. The molecule has 1 saturated heterocycles. The van der Waals surface area contributed by atoms with Gasteiger partial charge in [0.25, 0.3) is 5.91 Å². The summed E-state index contributed by atoms with van der Waals surface area (Å²) in [6.45, 7) is 2.85. The van der Waals surface area contributed by atoms with Gasteiger partial charge in [0, 0.05) is 13.1 Å². The third-order valence-corrected chi connectivity index (χ3v) is 4.24. The van der Waals surface area contributed by atoms with Gasteiger partial charge in [0.15, 0.2) is 11.5 Å². The molecule has 3 rings (SSSR count). The van der Waals surface area contributed by atoms with Crippen LogP contribution in [0.1, 0.15) is 10.5 Å². The van der Waals surface area contributed by atoms with E-state index in [0.717, 1.165) is 18.9 Å². The molecule has 8 heteroatoms. The Labute approximate surface area is 143 Å². The predicted octanol–water partition coefficient (Wildman–Crippen LogP) is 2.87. The van der Waals surface area contributed by atoms with E-state index in [-0.39, 0.29) is 5.69 Å². The van der Waals surface area contributed by atoms with Crippen LogP contribution in [-0.4, -0.2) is 42.4 Å². The molecular weight excluding hydrogens is 339 g/mol. The summed E-state index contributed by atoms with van der Waals surface area (Å²) in [5, 5.41) is 11.4.